The molecule has 8 heteroatoms. The zero-order valence-electron chi connectivity index (χ0n) is 10.0. The first-order chi connectivity index (χ1) is 8.94. The van der Waals surface area contributed by atoms with Gasteiger partial charge in [0.25, 0.3) is 17.2 Å². The molecule has 2 rings (SSSR count). The minimum Gasteiger partial charge on any atom is -0.481 e. The van der Waals surface area contributed by atoms with Crippen LogP contribution in [0.15, 0.2) is 17.1 Å². The van der Waals surface area contributed by atoms with Crippen molar-refractivity contribution in [3.63, 3.8) is 0 Å². The molecule has 0 aromatic heterocycles. The van der Waals surface area contributed by atoms with Gasteiger partial charge in [-0.15, -0.1) is 0 Å². The molecule has 104 valence electrons. The van der Waals surface area contributed by atoms with Gasteiger partial charge >= 0.3 is 5.97 Å². The molecule has 0 bridgehead atoms. The summed E-state index contributed by atoms with van der Waals surface area (Å²) in [6.45, 7) is 0. The molecule has 0 saturated heterocycles. The molecule has 0 spiro atoms. The van der Waals surface area contributed by atoms with Crippen molar-refractivity contribution in [2.24, 2.45) is 10.4 Å². The van der Waals surface area contributed by atoms with Gasteiger partial charge in [0.2, 0.25) is 0 Å². The quantitative estimate of drug-likeness (QED) is 0.641. The Kier molecular flexibility index (Phi) is 3.55. The zero-order valence-corrected chi connectivity index (χ0v) is 10.9. The first-order valence-corrected chi connectivity index (χ1v) is 6.94. The van der Waals surface area contributed by atoms with Crippen molar-refractivity contribution in [2.45, 2.75) is 31.2 Å². The Balaban J connectivity index is 2.47. The van der Waals surface area contributed by atoms with Crippen molar-refractivity contribution in [1.82, 2.24) is 4.72 Å². The van der Waals surface area contributed by atoms with Crippen LogP contribution in [0.3, 0.4) is 0 Å². The molecule has 1 fully saturated rings. The number of hydrogen-bond acceptors (Lipinski definition) is 4. The lowest BCUT2D eigenvalue weighted by atomic mass is 9.68. The van der Waals surface area contributed by atoms with Gasteiger partial charge in [-0.1, -0.05) is 12.8 Å². The number of rotatable bonds is 4. The molecular formula is C11H14N2O5S. The van der Waals surface area contributed by atoms with Crippen LogP contribution < -0.4 is 4.72 Å². The Morgan fingerprint density at radius 1 is 1.32 bits per heavy atom. The lowest BCUT2D eigenvalue weighted by Gasteiger charge is -2.37. The highest BCUT2D eigenvalue weighted by atomic mass is 32.2. The number of carboxylic acid groups (broad SMARTS) is 1. The summed E-state index contributed by atoms with van der Waals surface area (Å²) < 4.78 is 21.4. The van der Waals surface area contributed by atoms with Gasteiger partial charge in [0.05, 0.1) is 0 Å². The van der Waals surface area contributed by atoms with Crippen LogP contribution in [-0.2, 0) is 20.9 Å². The summed E-state index contributed by atoms with van der Waals surface area (Å²) in [6, 6.07) is 0. The molecule has 2 atom stereocenters. The lowest BCUT2D eigenvalue weighted by molar-refractivity contribution is -0.155. The number of nitrogens with zero attached hydrogens (tertiary/aromatic N) is 1. The smallest absolute Gasteiger partial charge is 0.313 e. The van der Waals surface area contributed by atoms with Crippen LogP contribution >= 0.6 is 0 Å². The maximum absolute atomic E-state index is 12.2. The number of nitrogens with one attached hydrogen (secondary N) is 1. The average molecular weight is 286 g/mol. The van der Waals surface area contributed by atoms with E-state index in [0.29, 0.717) is 25.7 Å². The predicted molar refractivity (Wildman–Crippen MR) is 67.8 cm³/mol. The maximum atomic E-state index is 12.2. The molecule has 2 aliphatic rings. The van der Waals surface area contributed by atoms with Crippen molar-refractivity contribution in [2.75, 3.05) is 0 Å². The Morgan fingerprint density at radius 2 is 1.95 bits per heavy atom. The van der Waals surface area contributed by atoms with E-state index in [0.717, 1.165) is 0 Å². The predicted octanol–water partition coefficient (Wildman–Crippen LogP) is 0.264. The van der Waals surface area contributed by atoms with Crippen molar-refractivity contribution in [3.05, 3.63) is 12.2 Å². The minimum atomic E-state index is -2.55. The van der Waals surface area contributed by atoms with E-state index in [2.05, 4.69) is 4.99 Å². The number of amides is 1. The molecule has 1 amide bonds. The van der Waals surface area contributed by atoms with E-state index in [1.54, 1.807) is 0 Å². The molecule has 19 heavy (non-hydrogen) atoms. The van der Waals surface area contributed by atoms with Crippen LogP contribution in [0.4, 0.5) is 0 Å². The average Bonchev–Trinajstić information content (AvgIpc) is 2.98. The monoisotopic (exact) mass is 286 g/mol. The molecule has 1 heterocycles. The number of carboxylic acids is 1. The van der Waals surface area contributed by atoms with Gasteiger partial charge in [-0.05, 0) is 25.0 Å². The van der Waals surface area contributed by atoms with E-state index in [1.807, 2.05) is 4.72 Å². The first-order valence-electron chi connectivity index (χ1n) is 5.83. The molecule has 2 unspecified atom stereocenters. The first kappa shape index (κ1) is 13.9. The summed E-state index contributed by atoms with van der Waals surface area (Å²) in [4.78, 5) is 27.9. The number of carbonyl (C=O) groups excluding carboxylic acids is 1. The second-order valence-corrected chi connectivity index (χ2v) is 5.38. The standard InChI is InChI=1S/C11H14N2O5S/c14-8(13-19(17)18)11(6-3-7-12-11)10(9(15)16)4-1-2-5-10/h3,6-7H,1-2,4-5H2,(H,13,14)(H,15,16)(H,17,18). The Labute approximate surface area is 112 Å². The topological polar surface area (TPSA) is 116 Å². The minimum absolute atomic E-state index is 0.315. The van der Waals surface area contributed by atoms with E-state index < -0.39 is 34.1 Å². The van der Waals surface area contributed by atoms with Gasteiger partial charge in [0.15, 0.2) is 5.54 Å². The zero-order chi connectivity index (χ0) is 14.1. The highest BCUT2D eigenvalue weighted by Crippen LogP contribution is 2.50. The second kappa shape index (κ2) is 4.86. The lowest BCUT2D eigenvalue weighted by Crippen LogP contribution is -2.58. The summed E-state index contributed by atoms with van der Waals surface area (Å²) in [5.41, 5.74) is -2.98. The third-order valence-corrected chi connectivity index (χ3v) is 4.18. The molecule has 1 aliphatic heterocycles. The van der Waals surface area contributed by atoms with Crippen LogP contribution in [0.5, 0.6) is 0 Å². The van der Waals surface area contributed by atoms with Crippen LogP contribution in [0, 0.1) is 5.41 Å². The van der Waals surface area contributed by atoms with E-state index in [9.17, 15) is 18.9 Å². The van der Waals surface area contributed by atoms with Gasteiger partial charge < -0.3 is 5.11 Å². The van der Waals surface area contributed by atoms with Crippen molar-refractivity contribution >= 4 is 29.4 Å². The molecule has 1 saturated carbocycles. The van der Waals surface area contributed by atoms with Crippen molar-refractivity contribution in [3.8, 4) is 0 Å². The normalized spacial score (nSPS) is 29.3. The third-order valence-electron chi connectivity index (χ3n) is 3.82. The molecule has 1 aliphatic carbocycles. The van der Waals surface area contributed by atoms with Crippen LogP contribution in [-0.4, -0.2) is 37.5 Å². The highest BCUT2D eigenvalue weighted by molar-refractivity contribution is 7.77. The number of allylic oxidation sites excluding steroid dienone is 1. The van der Waals surface area contributed by atoms with Crippen LogP contribution in [0.25, 0.3) is 0 Å². The third kappa shape index (κ3) is 2.00. The Morgan fingerprint density at radius 3 is 2.37 bits per heavy atom. The molecule has 0 radical (unpaired) electrons. The van der Waals surface area contributed by atoms with Crippen LogP contribution in [0.2, 0.25) is 0 Å². The molecule has 3 N–H and O–H groups in total. The number of carbonyl (C=O) groups is 2. The Hall–Kier alpha value is -1.54. The molecule has 7 nitrogen and oxygen atoms in total. The molecular weight excluding hydrogens is 272 g/mol. The van der Waals surface area contributed by atoms with Gasteiger partial charge in [0.1, 0.15) is 5.41 Å². The van der Waals surface area contributed by atoms with Gasteiger partial charge in [-0.2, -0.15) is 0 Å². The van der Waals surface area contributed by atoms with Crippen molar-refractivity contribution < 1.29 is 23.5 Å². The summed E-state index contributed by atoms with van der Waals surface area (Å²) >= 11 is -2.55. The highest BCUT2D eigenvalue weighted by Gasteiger charge is 2.61. The molecule has 0 aromatic carbocycles. The fourth-order valence-corrected chi connectivity index (χ4v) is 3.23. The van der Waals surface area contributed by atoms with Gasteiger partial charge in [0, 0.05) is 6.21 Å². The summed E-state index contributed by atoms with van der Waals surface area (Å²) in [6.07, 6.45) is 6.24. The maximum Gasteiger partial charge on any atom is 0.313 e. The summed E-state index contributed by atoms with van der Waals surface area (Å²) in [5.74, 6) is -1.96. The van der Waals surface area contributed by atoms with Crippen molar-refractivity contribution in [1.29, 1.82) is 0 Å². The molecule has 0 aromatic rings. The SMILES string of the molecule is O=C(O)C1(C2(C(=O)NS(=O)O)C=CC=N2)CCCC1. The fourth-order valence-electron chi connectivity index (χ4n) is 2.91. The van der Waals surface area contributed by atoms with Crippen LogP contribution in [0.1, 0.15) is 25.7 Å². The van der Waals surface area contributed by atoms with E-state index in [1.165, 1.54) is 18.4 Å². The largest absolute Gasteiger partial charge is 0.481 e. The Bertz CT molecular complexity index is 481. The van der Waals surface area contributed by atoms with E-state index >= 15 is 0 Å². The number of aliphatic carboxylic acids is 1. The summed E-state index contributed by atoms with van der Waals surface area (Å²) in [5, 5.41) is 9.55. The van der Waals surface area contributed by atoms with Gasteiger partial charge in [-0.3, -0.25) is 19.1 Å². The van der Waals surface area contributed by atoms with E-state index in [4.69, 9.17) is 4.55 Å². The number of aliphatic imine (C=N–C) groups is 1. The fraction of sp³-hybridized carbons (Fsp3) is 0.545. The van der Waals surface area contributed by atoms with Gasteiger partial charge in [-0.25, -0.2) is 8.93 Å². The number of hydrogen-bond donors (Lipinski definition) is 3. The second-order valence-electron chi connectivity index (χ2n) is 4.68. The van der Waals surface area contributed by atoms with E-state index in [-0.39, 0.29) is 0 Å². The summed E-state index contributed by atoms with van der Waals surface area (Å²) in [7, 11) is 0.